The van der Waals surface area contributed by atoms with Gasteiger partial charge in [-0.05, 0) is 94.0 Å². The maximum absolute atomic E-state index is 15.1. The maximum atomic E-state index is 15.1. The number of ether oxygens (including phenoxy) is 1. The first-order valence-electron chi connectivity index (χ1n) is 15.2. The first-order chi connectivity index (χ1) is 19.5. The van der Waals surface area contributed by atoms with Crippen molar-refractivity contribution in [3.63, 3.8) is 0 Å². The van der Waals surface area contributed by atoms with Crippen molar-refractivity contribution in [2.75, 3.05) is 31.1 Å². The molecule has 2 aromatic carbocycles. The Bertz CT molecular complexity index is 1440. The fraction of sp³-hybridized carbons (Fsp3) is 0.562. The number of nitrogens with one attached hydrogen (secondary N) is 1. The standard InChI is InChI=1S/C32H38FN5O2/c33-26-5-1-4-20-16-24(39)17-28(29(20)26)37-13-8-25-27(18-37)35-31(40-19-32-9-2-11-38(32)12-3-10-32)36-30(25)21-14-22-6-7-23(15-21)34-22/h1,4-5,16-17,21-23,34,39H,2-3,6-15,18-19H2/t21-,22+,23-. The van der Waals surface area contributed by atoms with Gasteiger partial charge in [-0.25, -0.2) is 4.39 Å². The lowest BCUT2D eigenvalue weighted by Crippen LogP contribution is -2.43. The first kappa shape index (κ1) is 24.8. The summed E-state index contributed by atoms with van der Waals surface area (Å²) in [5.74, 6) is 0.289. The molecule has 1 aromatic heterocycles. The van der Waals surface area contributed by atoms with Crippen LogP contribution in [0.25, 0.3) is 10.8 Å². The van der Waals surface area contributed by atoms with Crippen molar-refractivity contribution in [1.29, 1.82) is 0 Å². The van der Waals surface area contributed by atoms with Crippen LogP contribution in [-0.4, -0.2) is 63.8 Å². The van der Waals surface area contributed by atoms with Gasteiger partial charge in [-0.2, -0.15) is 9.97 Å². The number of benzene rings is 2. The number of phenols is 1. The number of anilines is 1. The van der Waals surface area contributed by atoms with Crippen LogP contribution in [0.15, 0.2) is 30.3 Å². The van der Waals surface area contributed by atoms with Gasteiger partial charge in [0.1, 0.15) is 18.2 Å². The average Bonchev–Trinajstić information content (AvgIpc) is 3.64. The third-order valence-corrected chi connectivity index (χ3v) is 10.4. The second-order valence-electron chi connectivity index (χ2n) is 12.8. The second-order valence-corrected chi connectivity index (χ2v) is 12.8. The van der Waals surface area contributed by atoms with Gasteiger partial charge in [-0.1, -0.05) is 12.1 Å². The molecule has 2 N–H and O–H groups in total. The second kappa shape index (κ2) is 9.55. The number of aromatic hydroxyl groups is 1. The highest BCUT2D eigenvalue weighted by Crippen LogP contribution is 2.42. The molecule has 5 aliphatic heterocycles. The van der Waals surface area contributed by atoms with Crippen molar-refractivity contribution in [2.24, 2.45) is 0 Å². The predicted octanol–water partition coefficient (Wildman–Crippen LogP) is 5.04. The Morgan fingerprint density at radius 3 is 2.65 bits per heavy atom. The monoisotopic (exact) mass is 543 g/mol. The predicted molar refractivity (Wildman–Crippen MR) is 153 cm³/mol. The number of phenolic OH excluding ortho intramolecular Hbond substituents is 1. The van der Waals surface area contributed by atoms with E-state index in [4.69, 9.17) is 14.7 Å². The molecule has 7 nitrogen and oxygen atoms in total. The van der Waals surface area contributed by atoms with Crippen molar-refractivity contribution in [2.45, 2.75) is 87.9 Å². The van der Waals surface area contributed by atoms with Gasteiger partial charge in [0.05, 0.1) is 29.2 Å². The molecule has 0 amide bonds. The van der Waals surface area contributed by atoms with Crippen LogP contribution in [0.3, 0.4) is 0 Å². The minimum Gasteiger partial charge on any atom is -0.508 e. The Hall–Kier alpha value is -2.97. The smallest absolute Gasteiger partial charge is 0.316 e. The van der Waals surface area contributed by atoms with Crippen molar-refractivity contribution in [3.05, 3.63) is 53.1 Å². The summed E-state index contributed by atoms with van der Waals surface area (Å²) in [6, 6.07) is 10.0. The van der Waals surface area contributed by atoms with Gasteiger partial charge < -0.3 is 20.1 Å². The molecule has 4 saturated heterocycles. The van der Waals surface area contributed by atoms with Gasteiger partial charge in [0, 0.05) is 36.0 Å². The lowest BCUT2D eigenvalue weighted by Gasteiger charge is -2.35. The highest BCUT2D eigenvalue weighted by molar-refractivity contribution is 5.96. The van der Waals surface area contributed by atoms with Gasteiger partial charge in [-0.15, -0.1) is 0 Å². The van der Waals surface area contributed by atoms with Crippen LogP contribution in [0, 0.1) is 5.82 Å². The molecular weight excluding hydrogens is 505 g/mol. The van der Waals surface area contributed by atoms with Crippen LogP contribution in [-0.2, 0) is 13.0 Å². The van der Waals surface area contributed by atoms with E-state index in [-0.39, 0.29) is 17.1 Å². The van der Waals surface area contributed by atoms with Crippen LogP contribution in [0.1, 0.15) is 74.2 Å². The summed E-state index contributed by atoms with van der Waals surface area (Å²) < 4.78 is 21.6. The van der Waals surface area contributed by atoms with E-state index in [1.54, 1.807) is 18.2 Å². The molecule has 0 unspecified atom stereocenters. The SMILES string of the molecule is Oc1cc(N2CCc3c(nc(OCC45CCCN4CCC5)nc3[C@H]3C[C@H]4CC[C@@H](C3)N4)C2)c2c(F)cccc2c1. The van der Waals surface area contributed by atoms with Crippen molar-refractivity contribution >= 4 is 16.5 Å². The van der Waals surface area contributed by atoms with Gasteiger partial charge in [0.2, 0.25) is 0 Å². The molecule has 6 heterocycles. The molecular formula is C32H38FN5O2. The topological polar surface area (TPSA) is 73.8 Å². The van der Waals surface area contributed by atoms with Gasteiger partial charge in [-0.3, -0.25) is 4.90 Å². The number of rotatable bonds is 5. The van der Waals surface area contributed by atoms with Crippen LogP contribution in [0.2, 0.25) is 0 Å². The van der Waals surface area contributed by atoms with E-state index < -0.39 is 0 Å². The highest BCUT2D eigenvalue weighted by Gasteiger charge is 2.45. The van der Waals surface area contributed by atoms with Crippen LogP contribution in [0.4, 0.5) is 10.1 Å². The maximum Gasteiger partial charge on any atom is 0.316 e. The van der Waals surface area contributed by atoms with Crippen molar-refractivity contribution in [3.8, 4) is 11.8 Å². The minimum absolute atomic E-state index is 0.136. The van der Waals surface area contributed by atoms with Crippen LogP contribution in [0.5, 0.6) is 11.8 Å². The lowest BCUT2D eigenvalue weighted by molar-refractivity contribution is 0.107. The van der Waals surface area contributed by atoms with E-state index in [9.17, 15) is 5.11 Å². The van der Waals surface area contributed by atoms with Crippen LogP contribution >= 0.6 is 0 Å². The van der Waals surface area contributed by atoms with E-state index in [2.05, 4.69) is 15.1 Å². The number of aromatic nitrogens is 2. The Balaban J connectivity index is 1.15. The zero-order chi connectivity index (χ0) is 26.8. The third kappa shape index (κ3) is 4.14. The van der Waals surface area contributed by atoms with E-state index in [0.717, 1.165) is 31.5 Å². The molecule has 2 bridgehead atoms. The van der Waals surface area contributed by atoms with E-state index in [1.807, 2.05) is 6.07 Å². The molecule has 4 fully saturated rings. The summed E-state index contributed by atoms with van der Waals surface area (Å²) in [5, 5.41) is 15.5. The zero-order valence-electron chi connectivity index (χ0n) is 23.0. The molecule has 0 radical (unpaired) electrons. The molecule has 0 spiro atoms. The normalized spacial score (nSPS) is 27.2. The number of fused-ring (bicyclic) bond motifs is 5. The molecule has 5 aliphatic rings. The number of nitrogens with zero attached hydrogens (tertiary/aromatic N) is 4. The van der Waals surface area contributed by atoms with Crippen molar-refractivity contribution < 1.29 is 14.2 Å². The molecule has 3 atom stereocenters. The molecule has 0 aliphatic carbocycles. The summed E-state index contributed by atoms with van der Waals surface area (Å²) in [6.07, 6.45) is 10.4. The Morgan fingerprint density at radius 2 is 1.85 bits per heavy atom. The van der Waals surface area contributed by atoms with Crippen LogP contribution < -0.4 is 15.0 Å². The van der Waals surface area contributed by atoms with Gasteiger partial charge in [0.25, 0.3) is 0 Å². The fourth-order valence-electron chi connectivity index (χ4n) is 8.58. The number of hydrogen-bond donors (Lipinski definition) is 2. The number of piperidine rings is 1. The van der Waals surface area contributed by atoms with Crippen molar-refractivity contribution in [1.82, 2.24) is 20.2 Å². The number of halogens is 1. The summed E-state index contributed by atoms with van der Waals surface area (Å²) in [4.78, 5) is 15.0. The highest BCUT2D eigenvalue weighted by atomic mass is 19.1. The average molecular weight is 544 g/mol. The summed E-state index contributed by atoms with van der Waals surface area (Å²) in [5.41, 5.74) is 4.26. The van der Waals surface area contributed by atoms with E-state index in [1.165, 1.54) is 68.9 Å². The van der Waals surface area contributed by atoms with E-state index in [0.29, 0.717) is 53.6 Å². The molecule has 0 saturated carbocycles. The number of hydrogen-bond acceptors (Lipinski definition) is 7. The largest absolute Gasteiger partial charge is 0.508 e. The van der Waals surface area contributed by atoms with Gasteiger partial charge >= 0.3 is 6.01 Å². The lowest BCUT2D eigenvalue weighted by atomic mass is 9.85. The molecule has 210 valence electrons. The van der Waals surface area contributed by atoms with Gasteiger partial charge in [0.15, 0.2) is 0 Å². The summed E-state index contributed by atoms with van der Waals surface area (Å²) in [7, 11) is 0. The fourth-order valence-corrected chi connectivity index (χ4v) is 8.58. The minimum atomic E-state index is -0.271. The molecule has 8 rings (SSSR count). The summed E-state index contributed by atoms with van der Waals surface area (Å²) in [6.45, 7) is 4.26. The van der Waals surface area contributed by atoms with E-state index >= 15 is 4.39 Å². The molecule has 3 aromatic rings. The quantitative estimate of drug-likeness (QED) is 0.467. The Kier molecular flexibility index (Phi) is 5.92. The zero-order valence-corrected chi connectivity index (χ0v) is 23.0. The third-order valence-electron chi connectivity index (χ3n) is 10.4. The Morgan fingerprint density at radius 1 is 1.05 bits per heavy atom. The summed E-state index contributed by atoms with van der Waals surface area (Å²) >= 11 is 0. The first-order valence-corrected chi connectivity index (χ1v) is 15.2. The molecule has 40 heavy (non-hydrogen) atoms. The molecule has 8 heteroatoms. The Labute approximate surface area is 234 Å².